The molecule has 15 heavy (non-hydrogen) atoms. The lowest BCUT2D eigenvalue weighted by molar-refractivity contribution is -0.120. The molecule has 0 aromatic rings. The van der Waals surface area contributed by atoms with Crippen LogP contribution in [0.25, 0.3) is 0 Å². The van der Waals surface area contributed by atoms with E-state index >= 15 is 0 Å². The van der Waals surface area contributed by atoms with Crippen LogP contribution >= 0.6 is 0 Å². The summed E-state index contributed by atoms with van der Waals surface area (Å²) in [5, 5.41) is 0. The summed E-state index contributed by atoms with van der Waals surface area (Å²) in [5.74, 6) is 0.619. The number of likely N-dealkylation sites (tertiary alicyclic amines) is 1. The second-order valence-electron chi connectivity index (χ2n) is 4.28. The van der Waals surface area contributed by atoms with E-state index in [0.29, 0.717) is 12.0 Å². The summed E-state index contributed by atoms with van der Waals surface area (Å²) in [6.45, 7) is 5.18. The molecule has 0 saturated carbocycles. The number of ether oxygens (including phenoxy) is 2. The number of nitrogens with zero attached hydrogens (tertiary/aromatic N) is 1. The van der Waals surface area contributed by atoms with Crippen LogP contribution in [0.15, 0.2) is 0 Å². The first kappa shape index (κ1) is 12.9. The fourth-order valence-electron chi connectivity index (χ4n) is 2.18. The highest BCUT2D eigenvalue weighted by atomic mass is 16.7. The van der Waals surface area contributed by atoms with E-state index < -0.39 is 0 Å². The molecule has 1 rings (SSSR count). The topological polar surface area (TPSA) is 47.7 Å². The zero-order valence-corrected chi connectivity index (χ0v) is 10.1. The SMILES string of the molecule is CCC1CN(CC(OC)OC)CCC1N. The van der Waals surface area contributed by atoms with Crippen LogP contribution in [-0.4, -0.2) is 51.1 Å². The third-order valence-electron chi connectivity index (χ3n) is 3.33. The minimum Gasteiger partial charge on any atom is -0.355 e. The second kappa shape index (κ2) is 6.43. The smallest absolute Gasteiger partial charge is 0.169 e. The Morgan fingerprint density at radius 2 is 2.07 bits per heavy atom. The van der Waals surface area contributed by atoms with Crippen LogP contribution in [0.2, 0.25) is 0 Å². The molecular formula is C11H24N2O2. The van der Waals surface area contributed by atoms with E-state index in [1.165, 1.54) is 0 Å². The van der Waals surface area contributed by atoms with Gasteiger partial charge in [0.15, 0.2) is 6.29 Å². The average molecular weight is 216 g/mol. The summed E-state index contributed by atoms with van der Waals surface area (Å²) >= 11 is 0. The molecule has 1 aliphatic rings. The van der Waals surface area contributed by atoms with Gasteiger partial charge in [-0.2, -0.15) is 0 Å². The first-order valence-electron chi connectivity index (χ1n) is 5.74. The van der Waals surface area contributed by atoms with E-state index in [2.05, 4.69) is 11.8 Å². The lowest BCUT2D eigenvalue weighted by atomic mass is 9.91. The van der Waals surface area contributed by atoms with Crippen molar-refractivity contribution in [3.63, 3.8) is 0 Å². The lowest BCUT2D eigenvalue weighted by Crippen LogP contribution is -2.49. The molecule has 0 radical (unpaired) electrons. The maximum atomic E-state index is 6.06. The van der Waals surface area contributed by atoms with Gasteiger partial charge in [0.2, 0.25) is 0 Å². The van der Waals surface area contributed by atoms with Crippen LogP contribution in [-0.2, 0) is 9.47 Å². The van der Waals surface area contributed by atoms with Crippen LogP contribution < -0.4 is 5.73 Å². The Balaban J connectivity index is 2.37. The largest absolute Gasteiger partial charge is 0.355 e. The Bertz CT molecular complexity index is 172. The van der Waals surface area contributed by atoms with Crippen molar-refractivity contribution in [2.75, 3.05) is 33.9 Å². The summed E-state index contributed by atoms with van der Waals surface area (Å²) in [5.41, 5.74) is 6.06. The molecule has 0 spiro atoms. The molecular weight excluding hydrogens is 192 g/mol. The summed E-state index contributed by atoms with van der Waals surface area (Å²) in [6.07, 6.45) is 2.12. The molecule has 1 heterocycles. The van der Waals surface area contributed by atoms with Crippen LogP contribution in [0.4, 0.5) is 0 Å². The zero-order valence-electron chi connectivity index (χ0n) is 10.1. The van der Waals surface area contributed by atoms with Crippen molar-refractivity contribution in [3.8, 4) is 0 Å². The minimum absolute atomic E-state index is 0.114. The first-order valence-corrected chi connectivity index (χ1v) is 5.74. The van der Waals surface area contributed by atoms with E-state index in [1.54, 1.807) is 14.2 Å². The first-order chi connectivity index (χ1) is 7.21. The van der Waals surface area contributed by atoms with E-state index in [4.69, 9.17) is 15.2 Å². The lowest BCUT2D eigenvalue weighted by Gasteiger charge is -2.37. The number of methoxy groups -OCH3 is 2. The Morgan fingerprint density at radius 1 is 1.40 bits per heavy atom. The van der Waals surface area contributed by atoms with Crippen LogP contribution in [0.3, 0.4) is 0 Å². The molecule has 2 N–H and O–H groups in total. The highest BCUT2D eigenvalue weighted by Gasteiger charge is 2.26. The fraction of sp³-hybridized carbons (Fsp3) is 1.00. The van der Waals surface area contributed by atoms with Gasteiger partial charge in [-0.05, 0) is 18.9 Å². The van der Waals surface area contributed by atoms with Crippen LogP contribution in [0.5, 0.6) is 0 Å². The van der Waals surface area contributed by atoms with Crippen molar-refractivity contribution in [2.24, 2.45) is 11.7 Å². The van der Waals surface area contributed by atoms with E-state index in [-0.39, 0.29) is 6.29 Å². The maximum absolute atomic E-state index is 6.06. The summed E-state index contributed by atoms with van der Waals surface area (Å²) in [4.78, 5) is 2.38. The molecule has 4 nitrogen and oxygen atoms in total. The van der Waals surface area contributed by atoms with Gasteiger partial charge in [0.1, 0.15) is 0 Å². The van der Waals surface area contributed by atoms with Gasteiger partial charge >= 0.3 is 0 Å². The van der Waals surface area contributed by atoms with Crippen LogP contribution in [0, 0.1) is 5.92 Å². The number of piperidine rings is 1. The summed E-state index contributed by atoms with van der Waals surface area (Å²) < 4.78 is 10.4. The van der Waals surface area contributed by atoms with Crippen molar-refractivity contribution in [1.82, 2.24) is 4.90 Å². The molecule has 90 valence electrons. The Morgan fingerprint density at radius 3 is 2.60 bits per heavy atom. The molecule has 1 aliphatic heterocycles. The van der Waals surface area contributed by atoms with Gasteiger partial charge < -0.3 is 15.2 Å². The Hall–Kier alpha value is -0.160. The predicted molar refractivity (Wildman–Crippen MR) is 60.6 cm³/mol. The minimum atomic E-state index is -0.114. The number of hydrogen-bond acceptors (Lipinski definition) is 4. The molecule has 4 heteroatoms. The van der Waals surface area contributed by atoms with Gasteiger partial charge in [-0.15, -0.1) is 0 Å². The van der Waals surface area contributed by atoms with E-state index in [0.717, 1.165) is 32.5 Å². The third-order valence-corrected chi connectivity index (χ3v) is 3.33. The molecule has 2 unspecified atom stereocenters. The molecule has 0 bridgehead atoms. The number of nitrogens with two attached hydrogens (primary N) is 1. The van der Waals surface area contributed by atoms with Crippen molar-refractivity contribution >= 4 is 0 Å². The molecule has 1 fully saturated rings. The third kappa shape index (κ3) is 3.72. The fourth-order valence-corrected chi connectivity index (χ4v) is 2.18. The Labute approximate surface area is 92.7 Å². The number of rotatable bonds is 5. The molecule has 2 atom stereocenters. The maximum Gasteiger partial charge on any atom is 0.169 e. The van der Waals surface area contributed by atoms with Gasteiger partial charge in [-0.25, -0.2) is 0 Å². The normalized spacial score (nSPS) is 28.6. The van der Waals surface area contributed by atoms with E-state index in [1.807, 2.05) is 0 Å². The van der Waals surface area contributed by atoms with Gasteiger partial charge in [-0.3, -0.25) is 4.90 Å². The Kier molecular flexibility index (Phi) is 5.53. The van der Waals surface area contributed by atoms with Crippen molar-refractivity contribution in [1.29, 1.82) is 0 Å². The van der Waals surface area contributed by atoms with Gasteiger partial charge in [0.25, 0.3) is 0 Å². The molecule has 0 aromatic carbocycles. The van der Waals surface area contributed by atoms with Crippen molar-refractivity contribution in [3.05, 3.63) is 0 Å². The molecule has 0 aromatic heterocycles. The van der Waals surface area contributed by atoms with E-state index in [9.17, 15) is 0 Å². The predicted octanol–water partition coefficient (Wildman–Crippen LogP) is 0.665. The van der Waals surface area contributed by atoms with Crippen molar-refractivity contribution < 1.29 is 9.47 Å². The average Bonchev–Trinajstić information content (AvgIpc) is 2.28. The quantitative estimate of drug-likeness (QED) is 0.686. The van der Waals surface area contributed by atoms with Gasteiger partial charge in [0.05, 0.1) is 0 Å². The zero-order chi connectivity index (χ0) is 11.3. The molecule has 0 amide bonds. The second-order valence-corrected chi connectivity index (χ2v) is 4.28. The molecule has 0 aliphatic carbocycles. The standard InChI is InChI=1S/C11H24N2O2/c1-4-9-7-13(6-5-10(9)12)8-11(14-2)15-3/h9-11H,4-8,12H2,1-3H3. The van der Waals surface area contributed by atoms with Crippen molar-refractivity contribution in [2.45, 2.75) is 32.1 Å². The van der Waals surface area contributed by atoms with Gasteiger partial charge in [0, 0.05) is 33.4 Å². The van der Waals surface area contributed by atoms with Crippen LogP contribution in [0.1, 0.15) is 19.8 Å². The highest BCUT2D eigenvalue weighted by Crippen LogP contribution is 2.18. The number of hydrogen-bond donors (Lipinski definition) is 1. The highest BCUT2D eigenvalue weighted by molar-refractivity contribution is 4.82. The molecule has 1 saturated heterocycles. The summed E-state index contributed by atoms with van der Waals surface area (Å²) in [6, 6.07) is 0.370. The summed E-state index contributed by atoms with van der Waals surface area (Å²) in [7, 11) is 3.36. The van der Waals surface area contributed by atoms with Gasteiger partial charge in [-0.1, -0.05) is 13.3 Å². The monoisotopic (exact) mass is 216 g/mol.